The first kappa shape index (κ1) is 12.2. The van der Waals surface area contributed by atoms with Gasteiger partial charge in [-0.05, 0) is 30.7 Å². The molecule has 0 fully saturated rings. The van der Waals surface area contributed by atoms with Crippen LogP contribution >= 0.6 is 0 Å². The summed E-state index contributed by atoms with van der Waals surface area (Å²) in [6.45, 7) is 1.83. The second kappa shape index (κ2) is 4.70. The van der Waals surface area contributed by atoms with Gasteiger partial charge in [0.05, 0.1) is 11.9 Å². The third-order valence-corrected chi connectivity index (χ3v) is 2.98. The van der Waals surface area contributed by atoms with E-state index in [-0.39, 0.29) is 11.7 Å². The summed E-state index contributed by atoms with van der Waals surface area (Å²) in [6, 6.07) is 10.9. The maximum absolute atomic E-state index is 12.1. The molecule has 2 aromatic heterocycles. The van der Waals surface area contributed by atoms with Crippen LogP contribution in [0.2, 0.25) is 0 Å². The number of nitrogen functional groups attached to an aromatic ring is 1. The molecule has 0 bridgehead atoms. The highest BCUT2D eigenvalue weighted by atomic mass is 16.3. The number of furan rings is 1. The Balaban J connectivity index is 1.89. The molecule has 0 spiro atoms. The summed E-state index contributed by atoms with van der Waals surface area (Å²) >= 11 is 0. The van der Waals surface area contributed by atoms with Gasteiger partial charge in [-0.3, -0.25) is 4.79 Å². The molecule has 2 heterocycles. The number of carbonyl (C=O) groups is 1. The van der Waals surface area contributed by atoms with Crippen molar-refractivity contribution in [3.63, 3.8) is 0 Å². The minimum absolute atomic E-state index is 0.254. The highest BCUT2D eigenvalue weighted by Crippen LogP contribution is 2.20. The van der Waals surface area contributed by atoms with E-state index in [0.717, 1.165) is 10.9 Å². The van der Waals surface area contributed by atoms with Gasteiger partial charge < -0.3 is 15.5 Å². The molecule has 0 aliphatic rings. The van der Waals surface area contributed by atoms with Crippen LogP contribution in [-0.2, 0) is 0 Å². The van der Waals surface area contributed by atoms with Crippen LogP contribution in [0, 0.1) is 6.92 Å². The maximum Gasteiger partial charge on any atom is 0.292 e. The van der Waals surface area contributed by atoms with Crippen molar-refractivity contribution in [1.82, 2.24) is 4.98 Å². The first-order chi connectivity index (χ1) is 9.63. The summed E-state index contributed by atoms with van der Waals surface area (Å²) in [5.41, 5.74) is 7.67. The van der Waals surface area contributed by atoms with Gasteiger partial charge in [-0.1, -0.05) is 18.2 Å². The molecule has 1 amide bonds. The zero-order valence-electron chi connectivity index (χ0n) is 10.9. The number of nitrogens with two attached hydrogens (primary N) is 1. The molecule has 0 radical (unpaired) electrons. The Kier molecular flexibility index (Phi) is 2.87. The summed E-state index contributed by atoms with van der Waals surface area (Å²) in [7, 11) is 0. The standard InChI is InChI=1S/C15H13N3O2/c1-9-6-11(16)8-17-14(9)18-15(19)13-7-10-4-2-3-5-12(10)20-13/h2-8H,16H2,1H3,(H,17,18,19). The van der Waals surface area contributed by atoms with E-state index in [4.69, 9.17) is 10.2 Å². The number of rotatable bonds is 2. The van der Waals surface area contributed by atoms with Crippen LogP contribution < -0.4 is 11.1 Å². The molecule has 5 heteroatoms. The van der Waals surface area contributed by atoms with Gasteiger partial charge in [-0.25, -0.2) is 4.98 Å². The third kappa shape index (κ3) is 2.21. The number of nitrogens with zero attached hydrogens (tertiary/aromatic N) is 1. The molecule has 3 N–H and O–H groups in total. The number of carbonyl (C=O) groups excluding carboxylic acids is 1. The number of hydrogen-bond acceptors (Lipinski definition) is 4. The Hall–Kier alpha value is -2.82. The summed E-state index contributed by atoms with van der Waals surface area (Å²) in [6.07, 6.45) is 1.50. The van der Waals surface area contributed by atoms with Gasteiger partial charge in [0.2, 0.25) is 0 Å². The van der Waals surface area contributed by atoms with E-state index in [0.29, 0.717) is 17.1 Å². The van der Waals surface area contributed by atoms with E-state index in [2.05, 4.69) is 10.3 Å². The normalized spacial score (nSPS) is 10.7. The zero-order chi connectivity index (χ0) is 14.1. The highest BCUT2D eigenvalue weighted by Gasteiger charge is 2.13. The van der Waals surface area contributed by atoms with Crippen molar-refractivity contribution in [3.05, 3.63) is 53.9 Å². The second-order valence-corrected chi connectivity index (χ2v) is 4.54. The molecule has 3 rings (SSSR count). The average molecular weight is 267 g/mol. The van der Waals surface area contributed by atoms with Crippen molar-refractivity contribution < 1.29 is 9.21 Å². The molecule has 5 nitrogen and oxygen atoms in total. The van der Waals surface area contributed by atoms with Gasteiger partial charge in [0.25, 0.3) is 5.91 Å². The molecule has 0 saturated carbocycles. The Morgan fingerprint density at radius 3 is 2.85 bits per heavy atom. The van der Waals surface area contributed by atoms with Crippen LogP contribution in [0.4, 0.5) is 11.5 Å². The van der Waals surface area contributed by atoms with Gasteiger partial charge in [0.15, 0.2) is 5.76 Å². The fourth-order valence-corrected chi connectivity index (χ4v) is 1.99. The van der Waals surface area contributed by atoms with E-state index in [1.54, 1.807) is 12.1 Å². The van der Waals surface area contributed by atoms with E-state index < -0.39 is 0 Å². The van der Waals surface area contributed by atoms with E-state index in [1.807, 2.05) is 31.2 Å². The minimum atomic E-state index is -0.332. The Labute approximate surface area is 115 Å². The number of nitrogens with one attached hydrogen (secondary N) is 1. The molecule has 0 saturated heterocycles. The lowest BCUT2D eigenvalue weighted by Gasteiger charge is -2.06. The Morgan fingerprint density at radius 2 is 2.10 bits per heavy atom. The first-order valence-corrected chi connectivity index (χ1v) is 6.15. The minimum Gasteiger partial charge on any atom is -0.451 e. The monoisotopic (exact) mass is 267 g/mol. The Bertz CT molecular complexity index is 760. The third-order valence-electron chi connectivity index (χ3n) is 2.98. The van der Waals surface area contributed by atoms with Crippen molar-refractivity contribution >= 4 is 28.4 Å². The smallest absolute Gasteiger partial charge is 0.292 e. The van der Waals surface area contributed by atoms with Crippen LogP contribution in [-0.4, -0.2) is 10.9 Å². The summed E-state index contributed by atoms with van der Waals surface area (Å²) < 4.78 is 5.50. The van der Waals surface area contributed by atoms with Crippen LogP contribution in [0.1, 0.15) is 16.1 Å². The highest BCUT2D eigenvalue weighted by molar-refractivity contribution is 6.04. The topological polar surface area (TPSA) is 81.1 Å². The molecule has 3 aromatic rings. The molecule has 0 aliphatic carbocycles. The summed E-state index contributed by atoms with van der Waals surface area (Å²) in [4.78, 5) is 16.2. The second-order valence-electron chi connectivity index (χ2n) is 4.54. The Morgan fingerprint density at radius 1 is 1.30 bits per heavy atom. The molecule has 0 atom stereocenters. The van der Waals surface area contributed by atoms with Gasteiger partial charge in [-0.15, -0.1) is 0 Å². The molecular weight excluding hydrogens is 254 g/mol. The van der Waals surface area contributed by atoms with E-state index in [1.165, 1.54) is 6.20 Å². The molecule has 1 aromatic carbocycles. The van der Waals surface area contributed by atoms with Crippen LogP contribution in [0.25, 0.3) is 11.0 Å². The van der Waals surface area contributed by atoms with E-state index in [9.17, 15) is 4.79 Å². The number of aromatic nitrogens is 1. The molecule has 20 heavy (non-hydrogen) atoms. The van der Waals surface area contributed by atoms with Crippen molar-refractivity contribution in [2.45, 2.75) is 6.92 Å². The fourth-order valence-electron chi connectivity index (χ4n) is 1.99. The van der Waals surface area contributed by atoms with Gasteiger partial charge in [0.1, 0.15) is 11.4 Å². The van der Waals surface area contributed by atoms with Crippen LogP contribution in [0.15, 0.2) is 47.0 Å². The summed E-state index contributed by atoms with van der Waals surface area (Å²) in [5, 5.41) is 3.60. The predicted octanol–water partition coefficient (Wildman–Crippen LogP) is 2.97. The molecular formula is C15H13N3O2. The number of para-hydroxylation sites is 1. The number of aryl methyl sites for hydroxylation is 1. The number of hydrogen-bond donors (Lipinski definition) is 2. The SMILES string of the molecule is Cc1cc(N)cnc1NC(=O)c1cc2ccccc2o1. The predicted molar refractivity (Wildman–Crippen MR) is 77.6 cm³/mol. The number of anilines is 2. The van der Waals surface area contributed by atoms with Crippen molar-refractivity contribution in [1.29, 1.82) is 0 Å². The van der Waals surface area contributed by atoms with Gasteiger partial charge in [-0.2, -0.15) is 0 Å². The lowest BCUT2D eigenvalue weighted by Crippen LogP contribution is -2.13. The number of fused-ring (bicyclic) bond motifs is 1. The number of amides is 1. The lowest BCUT2D eigenvalue weighted by atomic mass is 10.2. The fraction of sp³-hybridized carbons (Fsp3) is 0.0667. The number of pyridine rings is 1. The molecule has 100 valence electrons. The van der Waals surface area contributed by atoms with Crippen LogP contribution in [0.3, 0.4) is 0 Å². The van der Waals surface area contributed by atoms with Crippen molar-refractivity contribution in [2.75, 3.05) is 11.1 Å². The van der Waals surface area contributed by atoms with Crippen molar-refractivity contribution in [3.8, 4) is 0 Å². The largest absolute Gasteiger partial charge is 0.451 e. The maximum atomic E-state index is 12.1. The number of benzene rings is 1. The molecule has 0 aliphatic heterocycles. The van der Waals surface area contributed by atoms with Crippen molar-refractivity contribution in [2.24, 2.45) is 0 Å². The zero-order valence-corrected chi connectivity index (χ0v) is 10.9. The van der Waals surface area contributed by atoms with E-state index >= 15 is 0 Å². The van der Waals surface area contributed by atoms with Crippen LogP contribution in [0.5, 0.6) is 0 Å². The van der Waals surface area contributed by atoms with Gasteiger partial charge >= 0.3 is 0 Å². The van der Waals surface area contributed by atoms with Gasteiger partial charge in [0, 0.05) is 5.39 Å². The molecule has 0 unspecified atom stereocenters. The lowest BCUT2D eigenvalue weighted by molar-refractivity contribution is 0.0998. The average Bonchev–Trinajstić information content (AvgIpc) is 2.86. The first-order valence-electron chi connectivity index (χ1n) is 6.15. The summed E-state index contributed by atoms with van der Waals surface area (Å²) in [5.74, 6) is 0.399. The quantitative estimate of drug-likeness (QED) is 0.748.